The predicted molar refractivity (Wildman–Crippen MR) is 128 cm³/mol. The zero-order chi connectivity index (χ0) is 25.5. The van der Waals surface area contributed by atoms with Gasteiger partial charge in [-0.05, 0) is 36.9 Å². The number of aromatic amines is 1. The van der Waals surface area contributed by atoms with Gasteiger partial charge in [0.1, 0.15) is 18.1 Å². The van der Waals surface area contributed by atoms with Crippen molar-refractivity contribution in [3.05, 3.63) is 36.0 Å². The number of carboxylic acids is 1. The molecule has 3 amide bonds. The first-order valence-corrected chi connectivity index (χ1v) is 11.7. The Bertz CT molecular complexity index is 1060. The van der Waals surface area contributed by atoms with Gasteiger partial charge in [0.05, 0.1) is 12.6 Å². The van der Waals surface area contributed by atoms with E-state index < -0.39 is 54.5 Å². The van der Waals surface area contributed by atoms with Gasteiger partial charge in [-0.15, -0.1) is 0 Å². The van der Waals surface area contributed by atoms with Crippen LogP contribution in [0.4, 0.5) is 0 Å². The van der Waals surface area contributed by atoms with Crippen LogP contribution in [-0.2, 0) is 25.6 Å². The Labute approximate surface area is 203 Å². The molecule has 1 aromatic carbocycles. The molecule has 7 N–H and O–H groups in total. The van der Waals surface area contributed by atoms with Crippen molar-refractivity contribution in [1.29, 1.82) is 0 Å². The van der Waals surface area contributed by atoms with Gasteiger partial charge in [-0.2, -0.15) is 0 Å². The third kappa shape index (κ3) is 6.58. The summed E-state index contributed by atoms with van der Waals surface area (Å²) in [4.78, 5) is 53.2. The lowest BCUT2D eigenvalue weighted by atomic mass is 10.0. The molecule has 0 saturated carbocycles. The second kappa shape index (κ2) is 11.8. The second-order valence-corrected chi connectivity index (χ2v) is 9.09. The molecule has 0 aliphatic carbocycles. The third-order valence-corrected chi connectivity index (χ3v) is 6.15. The molecule has 1 aliphatic heterocycles. The van der Waals surface area contributed by atoms with Crippen molar-refractivity contribution in [2.75, 3.05) is 13.2 Å². The number of carbonyl (C=O) groups is 4. The van der Waals surface area contributed by atoms with Crippen LogP contribution in [0.15, 0.2) is 30.5 Å². The zero-order valence-corrected chi connectivity index (χ0v) is 19.8. The van der Waals surface area contributed by atoms with Crippen molar-refractivity contribution in [2.45, 2.75) is 57.3 Å². The SMILES string of the molecule is CC(C)C(NC(=O)C(CO)NC(=O)C(Cc1c[nH]c2ccccc12)NC(=O)C1CCCN1)C(=O)O. The van der Waals surface area contributed by atoms with Crippen LogP contribution in [0.3, 0.4) is 0 Å². The van der Waals surface area contributed by atoms with Crippen molar-refractivity contribution in [1.82, 2.24) is 26.3 Å². The second-order valence-electron chi connectivity index (χ2n) is 9.09. The van der Waals surface area contributed by atoms with Gasteiger partial charge < -0.3 is 36.5 Å². The topological polar surface area (TPSA) is 173 Å². The summed E-state index contributed by atoms with van der Waals surface area (Å²) >= 11 is 0. The summed E-state index contributed by atoms with van der Waals surface area (Å²) in [6.07, 6.45) is 3.42. The standard InChI is InChI=1S/C24H33N5O6/c1-13(2)20(24(34)35)29-23(33)19(12-30)28-22(32)18(27-21(31)17-8-5-9-25-17)10-14-11-26-16-7-4-3-6-15(14)16/h3-4,6-7,11,13,17-20,25-26,30H,5,8-10,12H2,1-2H3,(H,27,31)(H,28,32)(H,29,33)(H,34,35). The van der Waals surface area contributed by atoms with Crippen molar-refractivity contribution < 1.29 is 29.4 Å². The maximum atomic E-state index is 13.2. The van der Waals surface area contributed by atoms with E-state index in [1.807, 2.05) is 24.3 Å². The molecule has 0 radical (unpaired) electrons. The summed E-state index contributed by atoms with van der Waals surface area (Å²) in [5, 5.41) is 30.7. The number of aliphatic hydroxyl groups is 1. The van der Waals surface area contributed by atoms with E-state index in [0.29, 0.717) is 13.0 Å². The number of H-pyrrole nitrogens is 1. The molecule has 0 spiro atoms. The molecule has 2 aromatic rings. The van der Waals surface area contributed by atoms with Crippen LogP contribution in [0.25, 0.3) is 10.9 Å². The summed E-state index contributed by atoms with van der Waals surface area (Å²) in [6.45, 7) is 3.25. The van der Waals surface area contributed by atoms with Crippen LogP contribution in [-0.4, -0.2) is 76.2 Å². The van der Waals surface area contributed by atoms with Gasteiger partial charge in [-0.25, -0.2) is 4.79 Å². The molecule has 3 rings (SSSR count). The van der Waals surface area contributed by atoms with Crippen molar-refractivity contribution in [3.63, 3.8) is 0 Å². The largest absolute Gasteiger partial charge is 0.480 e. The minimum absolute atomic E-state index is 0.151. The molecular weight excluding hydrogens is 454 g/mol. The van der Waals surface area contributed by atoms with E-state index in [0.717, 1.165) is 22.9 Å². The number of hydrogen-bond acceptors (Lipinski definition) is 6. The number of benzene rings is 1. The minimum Gasteiger partial charge on any atom is -0.480 e. The Balaban J connectivity index is 1.77. The Morgan fingerprint density at radius 3 is 2.40 bits per heavy atom. The molecule has 1 fully saturated rings. The van der Waals surface area contributed by atoms with Crippen molar-refractivity contribution in [3.8, 4) is 0 Å². The highest BCUT2D eigenvalue weighted by atomic mass is 16.4. The number of aliphatic carboxylic acids is 1. The number of carbonyl (C=O) groups excluding carboxylic acids is 3. The number of nitrogens with one attached hydrogen (secondary N) is 5. The average Bonchev–Trinajstić information content (AvgIpc) is 3.50. The van der Waals surface area contributed by atoms with Crippen LogP contribution >= 0.6 is 0 Å². The lowest BCUT2D eigenvalue weighted by Crippen LogP contribution is -2.59. The van der Waals surface area contributed by atoms with Crippen molar-refractivity contribution in [2.24, 2.45) is 5.92 Å². The number of para-hydroxylation sites is 1. The molecule has 1 aliphatic rings. The molecule has 4 atom stereocenters. The van der Waals surface area contributed by atoms with Crippen LogP contribution in [0.2, 0.25) is 0 Å². The van der Waals surface area contributed by atoms with E-state index in [4.69, 9.17) is 0 Å². The molecule has 35 heavy (non-hydrogen) atoms. The van der Waals surface area contributed by atoms with E-state index in [9.17, 15) is 29.4 Å². The van der Waals surface area contributed by atoms with Gasteiger partial charge >= 0.3 is 5.97 Å². The van der Waals surface area contributed by atoms with E-state index in [2.05, 4.69) is 26.3 Å². The summed E-state index contributed by atoms with van der Waals surface area (Å²) in [6, 6.07) is 3.56. The molecular formula is C24H33N5O6. The molecule has 11 nitrogen and oxygen atoms in total. The van der Waals surface area contributed by atoms with Crippen LogP contribution < -0.4 is 21.3 Å². The predicted octanol–water partition coefficient (Wildman–Crippen LogP) is -0.350. The van der Waals surface area contributed by atoms with Gasteiger partial charge in [0.15, 0.2) is 0 Å². The monoisotopic (exact) mass is 487 g/mol. The molecule has 2 heterocycles. The molecule has 0 bridgehead atoms. The van der Waals surface area contributed by atoms with E-state index in [1.54, 1.807) is 20.0 Å². The lowest BCUT2D eigenvalue weighted by molar-refractivity contribution is -0.143. The normalized spacial score (nSPS) is 18.1. The maximum absolute atomic E-state index is 13.2. The van der Waals surface area contributed by atoms with Crippen LogP contribution in [0.5, 0.6) is 0 Å². The first-order chi connectivity index (χ1) is 16.7. The molecule has 4 unspecified atom stereocenters. The number of aliphatic hydroxyl groups excluding tert-OH is 1. The zero-order valence-electron chi connectivity index (χ0n) is 19.8. The number of hydrogen-bond donors (Lipinski definition) is 7. The summed E-state index contributed by atoms with van der Waals surface area (Å²) in [5.41, 5.74) is 1.68. The Morgan fingerprint density at radius 2 is 1.77 bits per heavy atom. The molecule has 11 heteroatoms. The number of amides is 3. The van der Waals surface area contributed by atoms with Gasteiger partial charge in [0, 0.05) is 23.5 Å². The first kappa shape index (κ1) is 26.2. The number of rotatable bonds is 11. The summed E-state index contributed by atoms with van der Waals surface area (Å²) in [7, 11) is 0. The highest BCUT2D eigenvalue weighted by Gasteiger charge is 2.32. The Kier molecular flexibility index (Phi) is 8.83. The lowest BCUT2D eigenvalue weighted by Gasteiger charge is -2.25. The maximum Gasteiger partial charge on any atom is 0.326 e. The summed E-state index contributed by atoms with van der Waals surface area (Å²) < 4.78 is 0. The number of aromatic nitrogens is 1. The molecule has 190 valence electrons. The fourth-order valence-corrected chi connectivity index (χ4v) is 4.14. The minimum atomic E-state index is -1.38. The van der Waals surface area contributed by atoms with Gasteiger partial charge in [-0.1, -0.05) is 32.0 Å². The number of fused-ring (bicyclic) bond motifs is 1. The first-order valence-electron chi connectivity index (χ1n) is 11.7. The van der Waals surface area contributed by atoms with Gasteiger partial charge in [0.25, 0.3) is 0 Å². The average molecular weight is 488 g/mol. The Morgan fingerprint density at radius 1 is 1.06 bits per heavy atom. The van der Waals surface area contributed by atoms with Gasteiger partial charge in [-0.3, -0.25) is 14.4 Å². The molecule has 1 aromatic heterocycles. The van der Waals surface area contributed by atoms with Gasteiger partial charge in [0.2, 0.25) is 17.7 Å². The fraction of sp³-hybridized carbons (Fsp3) is 0.500. The highest BCUT2D eigenvalue weighted by molar-refractivity contribution is 5.95. The Hall–Kier alpha value is -3.44. The quantitative estimate of drug-likeness (QED) is 0.227. The molecule has 1 saturated heterocycles. The third-order valence-electron chi connectivity index (χ3n) is 6.15. The summed E-state index contributed by atoms with van der Waals surface area (Å²) in [5.74, 6) is -3.42. The van der Waals surface area contributed by atoms with Crippen LogP contribution in [0, 0.1) is 5.92 Å². The highest BCUT2D eigenvalue weighted by Crippen LogP contribution is 2.19. The smallest absolute Gasteiger partial charge is 0.326 e. The van der Waals surface area contributed by atoms with E-state index >= 15 is 0 Å². The van der Waals surface area contributed by atoms with Crippen molar-refractivity contribution >= 4 is 34.6 Å². The van der Waals surface area contributed by atoms with E-state index in [-0.39, 0.29) is 12.3 Å². The number of carboxylic acid groups (broad SMARTS) is 1. The fourth-order valence-electron chi connectivity index (χ4n) is 4.14. The van der Waals surface area contributed by atoms with E-state index in [1.165, 1.54) is 0 Å². The van der Waals surface area contributed by atoms with Crippen LogP contribution in [0.1, 0.15) is 32.3 Å².